The average molecular weight is 264 g/mol. The van der Waals surface area contributed by atoms with Crippen LogP contribution in [0.15, 0.2) is 0 Å². The van der Waals surface area contributed by atoms with Crippen LogP contribution >= 0.6 is 0 Å². The molecule has 0 aromatic heterocycles. The maximum atomic E-state index is 12.8. The van der Waals surface area contributed by atoms with Gasteiger partial charge in [0.05, 0.1) is 18.4 Å². The zero-order valence-electron chi connectivity index (χ0n) is 10.5. The summed E-state index contributed by atoms with van der Waals surface area (Å²) in [5, 5.41) is 18.1. The minimum Gasteiger partial charge on any atom is -0.481 e. The number of hydrogen-bond donors (Lipinski definition) is 4. The summed E-state index contributed by atoms with van der Waals surface area (Å²) < 4.78 is 12.8. The summed E-state index contributed by atoms with van der Waals surface area (Å²) in [6, 6.07) is -0.928. The Morgan fingerprint density at radius 3 is 2.11 bits per heavy atom. The van der Waals surface area contributed by atoms with E-state index in [4.69, 9.17) is 16.6 Å². The third kappa shape index (κ3) is 5.52. The minimum atomic E-state index is -2.18. The molecule has 106 valence electrons. The van der Waals surface area contributed by atoms with Crippen molar-refractivity contribution < 1.29 is 24.2 Å². The molecule has 6 nitrogen and oxygen atoms in total. The topological polar surface area (TPSA) is 127 Å². The summed E-state index contributed by atoms with van der Waals surface area (Å²) in [5.74, 6) is -3.28. The summed E-state index contributed by atoms with van der Waals surface area (Å²) in [7, 11) is 0. The van der Waals surface area contributed by atoms with Crippen molar-refractivity contribution in [1.29, 1.82) is 0 Å². The minimum absolute atomic E-state index is 0.130. The number of aliphatic carboxylic acids is 1. The lowest BCUT2D eigenvalue weighted by molar-refractivity contribution is -0.144. The van der Waals surface area contributed by atoms with Crippen LogP contribution in [0.25, 0.3) is 0 Å². The first-order valence-corrected chi connectivity index (χ1v) is 5.75. The third-order valence-corrected chi connectivity index (χ3v) is 2.59. The van der Waals surface area contributed by atoms with Gasteiger partial charge in [0.1, 0.15) is 6.10 Å². The number of Topliss-reactive ketones (excluding diaryl/α,β-unsaturated/α-hetero) is 1. The van der Waals surface area contributed by atoms with Crippen molar-refractivity contribution in [3.05, 3.63) is 0 Å². The van der Waals surface area contributed by atoms with Crippen molar-refractivity contribution in [1.82, 2.24) is 0 Å². The highest BCUT2D eigenvalue weighted by Gasteiger charge is 2.35. The fraction of sp³-hybridized carbons (Fsp3) is 0.818. The van der Waals surface area contributed by atoms with Gasteiger partial charge in [-0.25, -0.2) is 4.39 Å². The van der Waals surface area contributed by atoms with Gasteiger partial charge in [-0.05, 0) is 12.3 Å². The lowest BCUT2D eigenvalue weighted by Crippen LogP contribution is -2.47. The number of alkyl halides is 1. The van der Waals surface area contributed by atoms with Gasteiger partial charge < -0.3 is 15.9 Å². The molecule has 0 aliphatic carbocycles. The van der Waals surface area contributed by atoms with Crippen LogP contribution in [0.5, 0.6) is 0 Å². The van der Waals surface area contributed by atoms with Gasteiger partial charge in [-0.1, -0.05) is 13.8 Å². The molecular weight excluding hydrogens is 243 g/mol. The van der Waals surface area contributed by atoms with Crippen LogP contribution in [0.2, 0.25) is 0 Å². The predicted molar refractivity (Wildman–Crippen MR) is 63.3 cm³/mol. The van der Waals surface area contributed by atoms with E-state index >= 15 is 0 Å². The van der Waals surface area contributed by atoms with Gasteiger partial charge in [-0.15, -0.1) is 0 Å². The first-order chi connectivity index (χ1) is 8.16. The van der Waals surface area contributed by atoms with Crippen molar-refractivity contribution in [2.45, 2.75) is 45.1 Å². The second kappa shape index (κ2) is 7.40. The van der Waals surface area contributed by atoms with Gasteiger partial charge >= 0.3 is 5.97 Å². The molecule has 0 bridgehead atoms. The van der Waals surface area contributed by atoms with E-state index in [2.05, 4.69) is 0 Å². The van der Waals surface area contributed by atoms with E-state index in [9.17, 15) is 19.1 Å². The number of carboxylic acid groups (broad SMARTS) is 1. The van der Waals surface area contributed by atoms with Crippen LogP contribution in [-0.2, 0) is 9.59 Å². The largest absolute Gasteiger partial charge is 0.481 e. The lowest BCUT2D eigenvalue weighted by atomic mass is 9.86. The molecule has 0 saturated carbocycles. The molecule has 7 heteroatoms. The molecular formula is C11H21FN2O4. The quantitative estimate of drug-likeness (QED) is 0.443. The van der Waals surface area contributed by atoms with Crippen LogP contribution in [0.3, 0.4) is 0 Å². The molecule has 0 aromatic rings. The zero-order valence-corrected chi connectivity index (χ0v) is 10.5. The number of carbonyl (C=O) groups is 2. The molecule has 0 aromatic carbocycles. The molecule has 0 aliphatic rings. The van der Waals surface area contributed by atoms with E-state index in [0.717, 1.165) is 0 Å². The summed E-state index contributed by atoms with van der Waals surface area (Å²) in [6.07, 6.45) is -4.39. The first kappa shape index (κ1) is 16.9. The Morgan fingerprint density at radius 2 is 1.78 bits per heavy atom. The molecule has 6 N–H and O–H groups in total. The Morgan fingerprint density at radius 1 is 1.28 bits per heavy atom. The molecule has 3 unspecified atom stereocenters. The maximum absolute atomic E-state index is 12.8. The van der Waals surface area contributed by atoms with Crippen LogP contribution < -0.4 is 11.5 Å². The van der Waals surface area contributed by atoms with E-state index in [1.807, 2.05) is 13.8 Å². The summed E-state index contributed by atoms with van der Waals surface area (Å²) in [4.78, 5) is 22.5. The Balaban J connectivity index is 4.84. The molecule has 0 aliphatic heterocycles. The molecule has 4 atom stereocenters. The van der Waals surface area contributed by atoms with Gasteiger partial charge in [-0.3, -0.25) is 15.3 Å². The Kier molecular flexibility index (Phi) is 6.97. The Labute approximate surface area is 105 Å². The molecule has 0 radical (unpaired) electrons. The predicted octanol–water partition coefficient (Wildman–Crippen LogP) is -0.365. The third-order valence-electron chi connectivity index (χ3n) is 2.59. The van der Waals surface area contributed by atoms with E-state index in [1.165, 1.54) is 0 Å². The number of halogens is 1. The summed E-state index contributed by atoms with van der Waals surface area (Å²) >= 11 is 0. The normalized spacial score (nSPS) is 18.2. The zero-order chi connectivity index (χ0) is 14.5. The summed E-state index contributed by atoms with van der Waals surface area (Å²) in [6.45, 7) is 3.69. The van der Waals surface area contributed by atoms with Gasteiger partial charge in [0, 0.05) is 0 Å². The molecule has 0 fully saturated rings. The van der Waals surface area contributed by atoms with Crippen molar-refractivity contribution in [2.24, 2.45) is 23.3 Å². The molecule has 0 rings (SSSR count). The van der Waals surface area contributed by atoms with Crippen molar-refractivity contribution in [3.8, 4) is 0 Å². The fourth-order valence-electron chi connectivity index (χ4n) is 1.70. The van der Waals surface area contributed by atoms with Crippen molar-refractivity contribution >= 4 is 11.8 Å². The van der Waals surface area contributed by atoms with Crippen LogP contribution in [0.4, 0.5) is 4.39 Å². The molecule has 18 heavy (non-hydrogen) atoms. The van der Waals surface area contributed by atoms with E-state index in [-0.39, 0.29) is 5.92 Å². The van der Waals surface area contributed by atoms with Gasteiger partial charge in [0.25, 0.3) is 0 Å². The highest BCUT2D eigenvalue weighted by atomic mass is 19.1. The lowest BCUT2D eigenvalue weighted by Gasteiger charge is -2.24. The molecule has 0 amide bonds. The number of nitrogens with two attached hydrogens (primary N) is 2. The second-order valence-electron chi connectivity index (χ2n) is 4.78. The van der Waals surface area contributed by atoms with E-state index < -0.39 is 42.5 Å². The second-order valence-corrected chi connectivity index (χ2v) is 4.78. The van der Waals surface area contributed by atoms with Crippen molar-refractivity contribution in [3.63, 3.8) is 0 Å². The number of aliphatic hydroxyl groups excluding tert-OH is 1. The number of hydrogen-bond acceptors (Lipinski definition) is 5. The Bertz CT molecular complexity index is 297. The van der Waals surface area contributed by atoms with E-state index in [1.54, 1.807) is 0 Å². The van der Waals surface area contributed by atoms with Crippen LogP contribution in [-0.4, -0.2) is 40.4 Å². The molecule has 0 saturated heterocycles. The monoisotopic (exact) mass is 264 g/mol. The Hall–Kier alpha value is -1.05. The average Bonchev–Trinajstić information content (AvgIpc) is 2.22. The van der Waals surface area contributed by atoms with Crippen LogP contribution in [0.1, 0.15) is 26.7 Å². The van der Waals surface area contributed by atoms with Crippen molar-refractivity contribution in [2.75, 3.05) is 0 Å². The standard InChI is InChI=1S/C11H21FN2O4/c1-5(2)3-7(13)9(17)6(4-8(15)16)10(18)11(12)14/h5-7,10-11,18H,3-4,13-14H2,1-2H3,(H,15,16)/t6?,7-,10?,11?/m0/s1. The fourth-order valence-corrected chi connectivity index (χ4v) is 1.70. The van der Waals surface area contributed by atoms with E-state index in [0.29, 0.717) is 6.42 Å². The first-order valence-electron chi connectivity index (χ1n) is 5.75. The highest BCUT2D eigenvalue weighted by Crippen LogP contribution is 2.18. The SMILES string of the molecule is CC(C)C[C@H](N)C(=O)C(CC(=O)O)C(O)C(N)F. The maximum Gasteiger partial charge on any atom is 0.304 e. The van der Waals surface area contributed by atoms with Gasteiger partial charge in [0.15, 0.2) is 12.1 Å². The number of carboxylic acids is 1. The highest BCUT2D eigenvalue weighted by molar-refractivity contribution is 5.89. The number of ketones is 1. The summed E-state index contributed by atoms with van der Waals surface area (Å²) in [5.41, 5.74) is 10.5. The molecule has 0 spiro atoms. The smallest absolute Gasteiger partial charge is 0.304 e. The number of carbonyl (C=O) groups excluding carboxylic acids is 1. The van der Waals surface area contributed by atoms with Gasteiger partial charge in [-0.2, -0.15) is 0 Å². The van der Waals surface area contributed by atoms with Crippen LogP contribution in [0, 0.1) is 11.8 Å². The van der Waals surface area contributed by atoms with Gasteiger partial charge in [0.2, 0.25) is 0 Å². The number of rotatable bonds is 8. The molecule has 0 heterocycles. The number of aliphatic hydroxyl groups is 1.